The summed E-state index contributed by atoms with van der Waals surface area (Å²) in [6.45, 7) is 2.38. The van der Waals surface area contributed by atoms with Crippen LogP contribution < -0.4 is 15.4 Å². The Kier molecular flexibility index (Phi) is 7.96. The molecule has 1 aliphatic rings. The molecule has 3 N–H and O–H groups in total. The summed E-state index contributed by atoms with van der Waals surface area (Å²) in [5.41, 5.74) is 1.72. The highest BCUT2D eigenvalue weighted by Gasteiger charge is 2.26. The van der Waals surface area contributed by atoms with Crippen LogP contribution >= 0.6 is 11.6 Å². The van der Waals surface area contributed by atoms with Gasteiger partial charge in [0.15, 0.2) is 0 Å². The number of nitrogens with one attached hydrogen (secondary N) is 2. The van der Waals surface area contributed by atoms with Gasteiger partial charge in [-0.05, 0) is 74.9 Å². The van der Waals surface area contributed by atoms with Gasteiger partial charge in [-0.3, -0.25) is 9.59 Å². The number of carbonyl (C=O) groups excluding carboxylic acids is 1. The Hall–Kier alpha value is -2.80. The van der Waals surface area contributed by atoms with Crippen LogP contribution in [-0.2, 0) is 4.79 Å². The van der Waals surface area contributed by atoms with Crippen molar-refractivity contribution < 1.29 is 23.8 Å². The van der Waals surface area contributed by atoms with Crippen LogP contribution in [0.3, 0.4) is 0 Å². The average molecular weight is 463 g/mol. The van der Waals surface area contributed by atoms with Crippen LogP contribution in [0.25, 0.3) is 0 Å². The maximum Gasteiger partial charge on any atom is 0.306 e. The molecule has 0 unspecified atom stereocenters. The Morgan fingerprint density at radius 1 is 1.19 bits per heavy atom. The third-order valence-electron chi connectivity index (χ3n) is 6.01. The Morgan fingerprint density at radius 2 is 1.91 bits per heavy atom. The number of benzene rings is 2. The van der Waals surface area contributed by atoms with Crippen molar-refractivity contribution in [1.82, 2.24) is 5.32 Å². The van der Waals surface area contributed by atoms with E-state index in [1.165, 1.54) is 19.2 Å². The molecule has 0 aliphatic heterocycles. The fourth-order valence-electron chi connectivity index (χ4n) is 4.08. The number of carbonyl (C=O) groups is 2. The predicted octanol–water partition coefficient (Wildman–Crippen LogP) is 5.28. The van der Waals surface area contributed by atoms with Crippen LogP contribution in [-0.4, -0.2) is 30.6 Å². The zero-order chi connectivity index (χ0) is 23.3. The normalized spacial score (nSPS) is 19.1. The van der Waals surface area contributed by atoms with E-state index in [4.69, 9.17) is 21.4 Å². The first-order valence-electron chi connectivity index (χ1n) is 10.7. The van der Waals surface area contributed by atoms with Crippen LogP contribution in [0.2, 0.25) is 5.02 Å². The smallest absolute Gasteiger partial charge is 0.306 e. The lowest BCUT2D eigenvalue weighted by Crippen LogP contribution is -2.32. The van der Waals surface area contributed by atoms with Crippen LogP contribution in [0.15, 0.2) is 36.4 Å². The summed E-state index contributed by atoms with van der Waals surface area (Å²) >= 11 is 6.40. The molecule has 32 heavy (non-hydrogen) atoms. The molecule has 1 aliphatic carbocycles. The molecule has 172 valence electrons. The maximum absolute atomic E-state index is 13.7. The van der Waals surface area contributed by atoms with Gasteiger partial charge in [0.1, 0.15) is 11.6 Å². The molecule has 0 heterocycles. The van der Waals surface area contributed by atoms with Crippen molar-refractivity contribution >= 4 is 29.2 Å². The zero-order valence-electron chi connectivity index (χ0n) is 18.2. The summed E-state index contributed by atoms with van der Waals surface area (Å²) in [7, 11) is 1.53. The minimum Gasteiger partial charge on any atom is -0.496 e. The topological polar surface area (TPSA) is 87.7 Å². The number of amides is 1. The number of halogens is 2. The van der Waals surface area contributed by atoms with Crippen molar-refractivity contribution in [1.29, 1.82) is 0 Å². The third-order valence-corrected chi connectivity index (χ3v) is 6.32. The van der Waals surface area contributed by atoms with Crippen LogP contribution in [0.5, 0.6) is 5.75 Å². The lowest BCUT2D eigenvalue weighted by molar-refractivity contribution is -0.143. The second-order valence-electron chi connectivity index (χ2n) is 8.21. The lowest BCUT2D eigenvalue weighted by Gasteiger charge is -2.26. The first kappa shape index (κ1) is 23.9. The number of hydrogen-bond acceptors (Lipinski definition) is 4. The van der Waals surface area contributed by atoms with E-state index in [2.05, 4.69) is 10.6 Å². The Labute approximate surface area is 192 Å². The highest BCUT2D eigenvalue weighted by Crippen LogP contribution is 2.32. The van der Waals surface area contributed by atoms with Crippen LogP contribution in [0, 0.1) is 17.7 Å². The number of aliphatic carboxylic acids is 1. The minimum absolute atomic E-state index is 0.223. The molecule has 2 aromatic carbocycles. The average Bonchev–Trinajstić information content (AvgIpc) is 2.78. The van der Waals surface area contributed by atoms with E-state index >= 15 is 0 Å². The second-order valence-corrected chi connectivity index (χ2v) is 8.62. The van der Waals surface area contributed by atoms with E-state index < -0.39 is 5.97 Å². The standard InChI is InChI=1S/C24H28ClFN2O4/c1-14(19-12-18(26)8-10-22(19)32-2)28-21-9-7-17(11-20(21)25)23(29)27-13-15-3-5-16(6-4-15)24(30)31/h7-12,14-16,28H,3-6,13H2,1-2H3,(H,27,29)(H,30,31)/t14-,15?,16?/m0/s1. The zero-order valence-corrected chi connectivity index (χ0v) is 18.9. The molecule has 1 atom stereocenters. The molecule has 0 saturated heterocycles. The van der Waals surface area contributed by atoms with Gasteiger partial charge in [-0.1, -0.05) is 11.6 Å². The molecule has 2 aromatic rings. The molecular formula is C24H28ClFN2O4. The Balaban J connectivity index is 1.58. The van der Waals surface area contributed by atoms with Gasteiger partial charge in [0.05, 0.1) is 29.8 Å². The molecule has 3 rings (SSSR count). The van der Waals surface area contributed by atoms with Crippen LogP contribution in [0.1, 0.15) is 54.6 Å². The molecule has 0 aromatic heterocycles. The number of carboxylic acids is 1. The Bertz CT molecular complexity index is 976. The second kappa shape index (κ2) is 10.7. The molecule has 0 radical (unpaired) electrons. The van der Waals surface area contributed by atoms with E-state index in [9.17, 15) is 14.0 Å². The van der Waals surface area contributed by atoms with E-state index in [0.717, 1.165) is 12.8 Å². The molecular weight excluding hydrogens is 435 g/mol. The number of rotatable bonds is 8. The van der Waals surface area contributed by atoms with Crippen molar-refractivity contribution in [3.63, 3.8) is 0 Å². The summed E-state index contributed by atoms with van der Waals surface area (Å²) in [5.74, 6) is -0.733. The van der Waals surface area contributed by atoms with Crippen LogP contribution in [0.4, 0.5) is 10.1 Å². The summed E-state index contributed by atoms with van der Waals surface area (Å²) in [4.78, 5) is 23.6. The van der Waals surface area contributed by atoms with Gasteiger partial charge < -0.3 is 20.5 Å². The first-order chi connectivity index (χ1) is 15.3. The van der Waals surface area contributed by atoms with Crippen molar-refractivity contribution in [3.05, 3.63) is 58.4 Å². The van der Waals surface area contributed by atoms with Gasteiger partial charge in [-0.15, -0.1) is 0 Å². The number of anilines is 1. The van der Waals surface area contributed by atoms with Crippen molar-refractivity contribution in [2.24, 2.45) is 11.8 Å². The number of carboxylic acid groups (broad SMARTS) is 1. The van der Waals surface area contributed by atoms with Gasteiger partial charge in [0, 0.05) is 17.7 Å². The van der Waals surface area contributed by atoms with Gasteiger partial charge in [-0.25, -0.2) is 4.39 Å². The highest BCUT2D eigenvalue weighted by atomic mass is 35.5. The minimum atomic E-state index is -0.735. The third kappa shape index (κ3) is 5.91. The molecule has 1 amide bonds. The molecule has 8 heteroatoms. The first-order valence-corrected chi connectivity index (χ1v) is 11.1. The van der Waals surface area contributed by atoms with Gasteiger partial charge in [0.25, 0.3) is 5.91 Å². The quantitative estimate of drug-likeness (QED) is 0.496. The molecule has 6 nitrogen and oxygen atoms in total. The van der Waals surface area contributed by atoms with E-state index in [-0.39, 0.29) is 29.6 Å². The van der Waals surface area contributed by atoms with E-state index in [0.29, 0.717) is 47.0 Å². The van der Waals surface area contributed by atoms with Gasteiger partial charge in [-0.2, -0.15) is 0 Å². The molecule has 1 fully saturated rings. The van der Waals surface area contributed by atoms with Gasteiger partial charge in [0.2, 0.25) is 0 Å². The van der Waals surface area contributed by atoms with Crippen molar-refractivity contribution in [2.75, 3.05) is 19.0 Å². The van der Waals surface area contributed by atoms with Crippen molar-refractivity contribution in [3.8, 4) is 5.75 Å². The lowest BCUT2D eigenvalue weighted by atomic mass is 9.82. The Morgan fingerprint density at radius 3 is 2.53 bits per heavy atom. The fraction of sp³-hybridized carbons (Fsp3) is 0.417. The fourth-order valence-corrected chi connectivity index (χ4v) is 4.32. The predicted molar refractivity (Wildman–Crippen MR) is 122 cm³/mol. The van der Waals surface area contributed by atoms with Crippen molar-refractivity contribution in [2.45, 2.75) is 38.6 Å². The maximum atomic E-state index is 13.7. The molecule has 0 spiro atoms. The summed E-state index contributed by atoms with van der Waals surface area (Å²) in [6.07, 6.45) is 2.89. The summed E-state index contributed by atoms with van der Waals surface area (Å²) < 4.78 is 19.0. The summed E-state index contributed by atoms with van der Waals surface area (Å²) in [5, 5.41) is 15.6. The summed E-state index contributed by atoms with van der Waals surface area (Å²) in [6, 6.07) is 9.04. The molecule has 0 bridgehead atoms. The van der Waals surface area contributed by atoms with Gasteiger partial charge >= 0.3 is 5.97 Å². The van der Waals surface area contributed by atoms with E-state index in [1.807, 2.05) is 6.92 Å². The number of ether oxygens (including phenoxy) is 1. The number of methoxy groups -OCH3 is 1. The largest absolute Gasteiger partial charge is 0.496 e. The monoisotopic (exact) mass is 462 g/mol. The number of hydrogen-bond donors (Lipinski definition) is 3. The molecule has 1 saturated carbocycles. The highest BCUT2D eigenvalue weighted by molar-refractivity contribution is 6.33. The van der Waals surface area contributed by atoms with E-state index in [1.54, 1.807) is 24.3 Å². The SMILES string of the molecule is COc1ccc(F)cc1[C@H](C)Nc1ccc(C(=O)NCC2CCC(C(=O)O)CC2)cc1Cl.